The van der Waals surface area contributed by atoms with Gasteiger partial charge in [-0.15, -0.1) is 0 Å². The number of thioether (sulfide) groups is 1. The zero-order valence-electron chi connectivity index (χ0n) is 13.9. The molecule has 0 radical (unpaired) electrons. The van der Waals surface area contributed by atoms with Gasteiger partial charge in [-0.05, 0) is 25.1 Å². The summed E-state index contributed by atoms with van der Waals surface area (Å²) in [6, 6.07) is 9.85. The number of hydrogen-bond donors (Lipinski definition) is 2. The number of benzene rings is 1. The van der Waals surface area contributed by atoms with Crippen LogP contribution in [0.4, 0.5) is 23.7 Å². The first-order valence-corrected chi connectivity index (χ1v) is 8.47. The highest BCUT2D eigenvalue weighted by atomic mass is 32.2. The molecule has 140 valence electrons. The molecule has 0 aliphatic heterocycles. The van der Waals surface area contributed by atoms with Crippen LogP contribution in [0.25, 0.3) is 0 Å². The lowest BCUT2D eigenvalue weighted by molar-refractivity contribution is -0.138. The number of carbonyl (C=O) groups is 2. The fourth-order valence-electron chi connectivity index (χ4n) is 2.06. The third-order valence-corrected chi connectivity index (χ3v) is 4.13. The van der Waals surface area contributed by atoms with Crippen LogP contribution in [0.15, 0.2) is 41.4 Å². The number of hydrogen-bond acceptors (Lipinski definition) is 5. The van der Waals surface area contributed by atoms with Gasteiger partial charge in [0, 0.05) is 11.4 Å². The molecule has 0 fully saturated rings. The van der Waals surface area contributed by atoms with Crippen molar-refractivity contribution in [1.29, 1.82) is 5.26 Å². The second-order valence-corrected chi connectivity index (χ2v) is 6.22. The van der Waals surface area contributed by atoms with Crippen molar-refractivity contribution >= 4 is 29.4 Å². The first-order valence-electron chi connectivity index (χ1n) is 7.48. The number of urea groups is 1. The molecule has 0 aliphatic rings. The molecule has 0 saturated heterocycles. The number of aryl methyl sites for hydroxylation is 1. The van der Waals surface area contributed by atoms with Crippen LogP contribution in [-0.2, 0) is 11.0 Å². The summed E-state index contributed by atoms with van der Waals surface area (Å²) in [6.45, 7) is 1.35. The van der Waals surface area contributed by atoms with Crippen LogP contribution in [0, 0.1) is 18.3 Å². The molecule has 2 N–H and O–H groups in total. The minimum atomic E-state index is -4.72. The standard InChI is InChI=1S/C17H13F3N4O2S/c1-10-7-13(17(18,19)20)12(8-21)15(22-10)27-9-14(25)24-16(26)23-11-5-3-2-4-6-11/h2-7H,9H2,1H3,(H2,23,24,25,26). The SMILES string of the molecule is Cc1cc(C(F)(F)F)c(C#N)c(SCC(=O)NC(=O)Nc2ccccc2)n1. The fourth-order valence-corrected chi connectivity index (χ4v) is 2.91. The van der Waals surface area contributed by atoms with Crippen LogP contribution < -0.4 is 10.6 Å². The van der Waals surface area contributed by atoms with Crippen LogP contribution in [0.3, 0.4) is 0 Å². The van der Waals surface area contributed by atoms with Crippen molar-refractivity contribution in [3.63, 3.8) is 0 Å². The number of pyridine rings is 1. The van der Waals surface area contributed by atoms with Crippen molar-refractivity contribution in [2.45, 2.75) is 18.1 Å². The van der Waals surface area contributed by atoms with Gasteiger partial charge in [-0.2, -0.15) is 18.4 Å². The predicted octanol–water partition coefficient (Wildman–Crippen LogP) is 3.72. The molecule has 1 heterocycles. The Morgan fingerprint density at radius 2 is 1.93 bits per heavy atom. The molecule has 0 bridgehead atoms. The molecule has 0 unspecified atom stereocenters. The quantitative estimate of drug-likeness (QED) is 0.771. The zero-order valence-corrected chi connectivity index (χ0v) is 14.7. The Kier molecular flexibility index (Phi) is 6.41. The molecule has 27 heavy (non-hydrogen) atoms. The van der Waals surface area contributed by atoms with Crippen molar-refractivity contribution in [2.24, 2.45) is 0 Å². The molecule has 3 amide bonds. The van der Waals surface area contributed by atoms with Gasteiger partial charge in [0.25, 0.3) is 0 Å². The van der Waals surface area contributed by atoms with Gasteiger partial charge in [-0.3, -0.25) is 10.1 Å². The molecule has 2 aromatic rings. The predicted molar refractivity (Wildman–Crippen MR) is 93.0 cm³/mol. The van der Waals surface area contributed by atoms with E-state index < -0.39 is 29.2 Å². The topological polar surface area (TPSA) is 94.9 Å². The molecule has 1 aromatic heterocycles. The second-order valence-electron chi connectivity index (χ2n) is 5.26. The van der Waals surface area contributed by atoms with E-state index in [4.69, 9.17) is 5.26 Å². The Bertz CT molecular complexity index is 896. The van der Waals surface area contributed by atoms with Crippen LogP contribution in [0.5, 0.6) is 0 Å². The Labute approximate surface area is 156 Å². The van der Waals surface area contributed by atoms with E-state index in [1.807, 2.05) is 0 Å². The molecule has 0 aliphatic carbocycles. The van der Waals surface area contributed by atoms with Gasteiger partial charge in [0.2, 0.25) is 5.91 Å². The number of rotatable bonds is 4. The highest BCUT2D eigenvalue weighted by molar-refractivity contribution is 8.00. The van der Waals surface area contributed by atoms with E-state index in [2.05, 4.69) is 15.6 Å². The van der Waals surface area contributed by atoms with Crippen molar-refractivity contribution in [3.05, 3.63) is 53.2 Å². The first kappa shape index (κ1) is 20.3. The Hall–Kier alpha value is -3.06. The number of amides is 3. The summed E-state index contributed by atoms with van der Waals surface area (Å²) in [5.41, 5.74) is -1.23. The molecular weight excluding hydrogens is 381 g/mol. The number of nitrogens with zero attached hydrogens (tertiary/aromatic N) is 2. The second kappa shape index (κ2) is 8.55. The average molecular weight is 394 g/mol. The maximum absolute atomic E-state index is 13.1. The van der Waals surface area contributed by atoms with E-state index in [1.165, 1.54) is 13.0 Å². The monoisotopic (exact) mass is 394 g/mol. The normalized spacial score (nSPS) is 10.8. The summed E-state index contributed by atoms with van der Waals surface area (Å²) < 4.78 is 39.2. The lowest BCUT2D eigenvalue weighted by Crippen LogP contribution is -2.35. The number of aromatic nitrogens is 1. The van der Waals surface area contributed by atoms with Crippen molar-refractivity contribution < 1.29 is 22.8 Å². The lowest BCUT2D eigenvalue weighted by Gasteiger charge is -2.12. The van der Waals surface area contributed by atoms with Crippen LogP contribution in [0.1, 0.15) is 16.8 Å². The van der Waals surface area contributed by atoms with E-state index in [0.717, 1.165) is 6.07 Å². The summed E-state index contributed by atoms with van der Waals surface area (Å²) in [5.74, 6) is -1.13. The van der Waals surface area contributed by atoms with E-state index in [9.17, 15) is 22.8 Å². The third kappa shape index (κ3) is 5.72. The van der Waals surface area contributed by atoms with Crippen molar-refractivity contribution in [3.8, 4) is 6.07 Å². The molecule has 1 aromatic carbocycles. The number of nitriles is 1. The van der Waals surface area contributed by atoms with Gasteiger partial charge in [-0.25, -0.2) is 9.78 Å². The summed E-state index contributed by atoms with van der Waals surface area (Å²) in [6.07, 6.45) is -4.72. The van der Waals surface area contributed by atoms with Crippen molar-refractivity contribution in [1.82, 2.24) is 10.3 Å². The van der Waals surface area contributed by atoms with Gasteiger partial charge < -0.3 is 5.32 Å². The van der Waals surface area contributed by atoms with E-state index in [1.54, 1.807) is 30.3 Å². The largest absolute Gasteiger partial charge is 0.417 e. The molecule has 2 rings (SSSR count). The molecule has 10 heteroatoms. The van der Waals surface area contributed by atoms with Gasteiger partial charge >= 0.3 is 12.2 Å². The number of anilines is 1. The number of imide groups is 1. The number of carbonyl (C=O) groups excluding carboxylic acids is 2. The van der Waals surface area contributed by atoms with Crippen LogP contribution >= 0.6 is 11.8 Å². The number of nitrogens with one attached hydrogen (secondary N) is 2. The highest BCUT2D eigenvalue weighted by Crippen LogP contribution is 2.35. The Balaban J connectivity index is 2.04. The Morgan fingerprint density at radius 3 is 2.52 bits per heavy atom. The van der Waals surface area contributed by atoms with Gasteiger partial charge in [0.1, 0.15) is 11.1 Å². The Morgan fingerprint density at radius 1 is 1.26 bits per heavy atom. The third-order valence-electron chi connectivity index (χ3n) is 3.16. The molecule has 0 spiro atoms. The van der Waals surface area contributed by atoms with E-state index >= 15 is 0 Å². The fraction of sp³-hybridized carbons (Fsp3) is 0.176. The number of halogens is 3. The molecular formula is C17H13F3N4O2S. The smallest absolute Gasteiger partial charge is 0.308 e. The van der Waals surface area contributed by atoms with Crippen LogP contribution in [-0.4, -0.2) is 22.7 Å². The summed E-state index contributed by atoms with van der Waals surface area (Å²) in [4.78, 5) is 27.5. The summed E-state index contributed by atoms with van der Waals surface area (Å²) in [5, 5.41) is 13.3. The lowest BCUT2D eigenvalue weighted by atomic mass is 10.1. The maximum Gasteiger partial charge on any atom is 0.417 e. The summed E-state index contributed by atoms with van der Waals surface area (Å²) in [7, 11) is 0. The zero-order chi connectivity index (χ0) is 20.0. The van der Waals surface area contributed by atoms with Crippen molar-refractivity contribution in [2.75, 3.05) is 11.1 Å². The first-order chi connectivity index (χ1) is 12.7. The van der Waals surface area contributed by atoms with Gasteiger partial charge in [0.15, 0.2) is 0 Å². The number of alkyl halides is 3. The van der Waals surface area contributed by atoms with Crippen LogP contribution in [0.2, 0.25) is 0 Å². The average Bonchev–Trinajstić information content (AvgIpc) is 2.59. The van der Waals surface area contributed by atoms with Gasteiger partial charge in [0.05, 0.1) is 16.9 Å². The summed E-state index contributed by atoms with van der Waals surface area (Å²) >= 11 is 0.647. The minimum Gasteiger partial charge on any atom is -0.308 e. The molecule has 0 atom stereocenters. The van der Waals surface area contributed by atoms with E-state index in [0.29, 0.717) is 17.4 Å². The number of para-hydroxylation sites is 1. The van der Waals surface area contributed by atoms with E-state index in [-0.39, 0.29) is 16.5 Å². The minimum absolute atomic E-state index is 0.0612. The molecule has 0 saturated carbocycles. The van der Waals surface area contributed by atoms with Gasteiger partial charge in [-0.1, -0.05) is 30.0 Å². The highest BCUT2D eigenvalue weighted by Gasteiger charge is 2.35. The maximum atomic E-state index is 13.1. The molecule has 6 nitrogen and oxygen atoms in total.